The molecule has 0 saturated carbocycles. The van der Waals surface area contributed by atoms with Gasteiger partial charge in [0, 0.05) is 19.2 Å². The molecule has 1 N–H and O–H groups in total. The first-order chi connectivity index (χ1) is 9.19. The minimum Gasteiger partial charge on any atom is -0.493 e. The van der Waals surface area contributed by atoms with Crippen molar-refractivity contribution in [3.05, 3.63) is 29.8 Å². The summed E-state index contributed by atoms with van der Waals surface area (Å²) in [5.41, 5.74) is -0.339. The van der Waals surface area contributed by atoms with Gasteiger partial charge in [0.1, 0.15) is 5.75 Å². The van der Waals surface area contributed by atoms with Gasteiger partial charge < -0.3 is 14.7 Å². The Bertz CT molecular complexity index is 449. The van der Waals surface area contributed by atoms with Crippen LogP contribution in [-0.2, 0) is 0 Å². The van der Waals surface area contributed by atoms with Crippen molar-refractivity contribution in [2.75, 3.05) is 20.2 Å². The zero-order valence-electron chi connectivity index (χ0n) is 13.0. The van der Waals surface area contributed by atoms with Crippen LogP contribution >= 0.6 is 0 Å². The fourth-order valence-corrected chi connectivity index (χ4v) is 1.85. The van der Waals surface area contributed by atoms with E-state index in [2.05, 4.69) is 13.8 Å². The summed E-state index contributed by atoms with van der Waals surface area (Å²) in [7, 11) is 1.68. The smallest absolute Gasteiger partial charge is 0.253 e. The van der Waals surface area contributed by atoms with Gasteiger partial charge in [-0.25, -0.2) is 0 Å². The number of ether oxygens (including phenoxy) is 1. The van der Waals surface area contributed by atoms with Gasteiger partial charge in [0.2, 0.25) is 0 Å². The molecule has 1 rings (SSSR count). The number of carbonyl (C=O) groups excluding carboxylic acids is 1. The molecule has 0 aliphatic heterocycles. The Morgan fingerprint density at radius 2 is 2.05 bits per heavy atom. The Hall–Kier alpha value is -1.55. The molecule has 0 heterocycles. The van der Waals surface area contributed by atoms with Crippen molar-refractivity contribution in [3.63, 3.8) is 0 Å². The molecule has 0 radical (unpaired) electrons. The molecule has 4 nitrogen and oxygen atoms in total. The number of hydrogen-bond donors (Lipinski definition) is 1. The molecule has 0 saturated heterocycles. The number of aliphatic hydroxyl groups is 1. The van der Waals surface area contributed by atoms with Crippen molar-refractivity contribution >= 4 is 5.91 Å². The largest absolute Gasteiger partial charge is 0.493 e. The lowest BCUT2D eigenvalue weighted by Gasteiger charge is -2.25. The maximum atomic E-state index is 12.3. The summed E-state index contributed by atoms with van der Waals surface area (Å²) >= 11 is 0. The number of rotatable bonds is 6. The van der Waals surface area contributed by atoms with Gasteiger partial charge in [-0.2, -0.15) is 0 Å². The molecule has 0 unspecified atom stereocenters. The Kier molecular flexibility index (Phi) is 5.57. The van der Waals surface area contributed by atoms with E-state index in [-0.39, 0.29) is 12.5 Å². The van der Waals surface area contributed by atoms with Gasteiger partial charge in [0.05, 0.1) is 12.2 Å². The summed E-state index contributed by atoms with van der Waals surface area (Å²) in [6.45, 7) is 8.41. The van der Waals surface area contributed by atoms with E-state index >= 15 is 0 Å². The highest BCUT2D eigenvalue weighted by molar-refractivity contribution is 5.94. The minimum absolute atomic E-state index is 0.123. The van der Waals surface area contributed by atoms with Crippen molar-refractivity contribution in [2.24, 2.45) is 5.92 Å². The second-order valence-corrected chi connectivity index (χ2v) is 6.21. The molecule has 0 atom stereocenters. The zero-order chi connectivity index (χ0) is 15.3. The van der Waals surface area contributed by atoms with E-state index in [9.17, 15) is 9.90 Å². The predicted molar refractivity (Wildman–Crippen MR) is 80.0 cm³/mol. The van der Waals surface area contributed by atoms with Crippen LogP contribution in [0.15, 0.2) is 24.3 Å². The van der Waals surface area contributed by atoms with Crippen LogP contribution in [0.3, 0.4) is 0 Å². The van der Waals surface area contributed by atoms with Crippen molar-refractivity contribution < 1.29 is 14.6 Å². The van der Waals surface area contributed by atoms with E-state index in [1.54, 1.807) is 39.1 Å². The summed E-state index contributed by atoms with van der Waals surface area (Å²) in [6.07, 6.45) is 0. The van der Waals surface area contributed by atoms with Crippen LogP contribution in [0.1, 0.15) is 38.1 Å². The van der Waals surface area contributed by atoms with E-state index in [4.69, 9.17) is 4.74 Å². The average Bonchev–Trinajstić information content (AvgIpc) is 2.33. The minimum atomic E-state index is -0.907. The first-order valence-corrected chi connectivity index (χ1v) is 6.90. The van der Waals surface area contributed by atoms with E-state index < -0.39 is 5.60 Å². The SMILES string of the molecule is CC(C)COc1cccc(C(=O)N(C)CC(C)(C)O)c1. The van der Waals surface area contributed by atoms with Crippen LogP contribution in [-0.4, -0.2) is 41.7 Å². The Labute approximate surface area is 121 Å². The molecule has 0 spiro atoms. The molecule has 1 aromatic rings. The van der Waals surface area contributed by atoms with Crippen molar-refractivity contribution in [2.45, 2.75) is 33.3 Å². The average molecular weight is 279 g/mol. The van der Waals surface area contributed by atoms with Gasteiger partial charge in [-0.1, -0.05) is 19.9 Å². The van der Waals surface area contributed by atoms with Gasteiger partial charge in [-0.3, -0.25) is 4.79 Å². The van der Waals surface area contributed by atoms with Crippen LogP contribution < -0.4 is 4.74 Å². The van der Waals surface area contributed by atoms with Crippen LogP contribution in [0, 0.1) is 5.92 Å². The molecule has 1 aromatic carbocycles. The summed E-state index contributed by atoms with van der Waals surface area (Å²) in [5, 5.41) is 9.77. The van der Waals surface area contributed by atoms with Crippen LogP contribution in [0.2, 0.25) is 0 Å². The molecule has 0 fully saturated rings. The second kappa shape index (κ2) is 6.75. The standard InChI is InChI=1S/C16H25NO3/c1-12(2)10-20-14-8-6-7-13(9-14)15(18)17(5)11-16(3,4)19/h6-9,12,19H,10-11H2,1-5H3. The number of likely N-dealkylation sites (N-methyl/N-ethyl adjacent to an activating group) is 1. The molecule has 0 aliphatic rings. The first-order valence-electron chi connectivity index (χ1n) is 6.90. The molecule has 1 amide bonds. The van der Waals surface area contributed by atoms with Gasteiger partial charge in [-0.05, 0) is 38.0 Å². The number of nitrogens with zero attached hydrogens (tertiary/aromatic N) is 1. The molecule has 112 valence electrons. The third-order valence-corrected chi connectivity index (χ3v) is 2.64. The lowest BCUT2D eigenvalue weighted by atomic mass is 10.1. The lowest BCUT2D eigenvalue weighted by molar-refractivity contribution is 0.0367. The number of benzene rings is 1. The zero-order valence-corrected chi connectivity index (χ0v) is 13.0. The normalized spacial score (nSPS) is 11.6. The van der Waals surface area contributed by atoms with Gasteiger partial charge in [-0.15, -0.1) is 0 Å². The third kappa shape index (κ3) is 5.61. The maximum absolute atomic E-state index is 12.3. The van der Waals surface area contributed by atoms with Crippen molar-refractivity contribution in [3.8, 4) is 5.75 Å². The Morgan fingerprint density at radius 1 is 1.40 bits per heavy atom. The number of hydrogen-bond acceptors (Lipinski definition) is 3. The van der Waals surface area contributed by atoms with Gasteiger partial charge in [0.25, 0.3) is 5.91 Å². The monoisotopic (exact) mass is 279 g/mol. The van der Waals surface area contributed by atoms with E-state index in [0.29, 0.717) is 23.8 Å². The van der Waals surface area contributed by atoms with E-state index in [1.807, 2.05) is 6.07 Å². The molecular weight excluding hydrogens is 254 g/mol. The summed E-state index contributed by atoms with van der Waals surface area (Å²) in [4.78, 5) is 13.8. The Morgan fingerprint density at radius 3 is 2.60 bits per heavy atom. The molecule has 0 aromatic heterocycles. The molecule has 4 heteroatoms. The second-order valence-electron chi connectivity index (χ2n) is 6.21. The van der Waals surface area contributed by atoms with E-state index in [0.717, 1.165) is 0 Å². The van der Waals surface area contributed by atoms with Crippen molar-refractivity contribution in [1.29, 1.82) is 0 Å². The molecule has 0 aliphatic carbocycles. The Balaban J connectivity index is 2.75. The highest BCUT2D eigenvalue weighted by Gasteiger charge is 2.20. The fourth-order valence-electron chi connectivity index (χ4n) is 1.85. The summed E-state index contributed by atoms with van der Waals surface area (Å²) < 4.78 is 5.62. The van der Waals surface area contributed by atoms with E-state index in [1.165, 1.54) is 4.90 Å². The number of carbonyl (C=O) groups is 1. The number of amides is 1. The quantitative estimate of drug-likeness (QED) is 0.870. The van der Waals surface area contributed by atoms with Crippen LogP contribution in [0.4, 0.5) is 0 Å². The fraction of sp³-hybridized carbons (Fsp3) is 0.562. The molecule has 20 heavy (non-hydrogen) atoms. The molecular formula is C16H25NO3. The molecule has 0 bridgehead atoms. The highest BCUT2D eigenvalue weighted by Crippen LogP contribution is 2.16. The van der Waals surface area contributed by atoms with Gasteiger partial charge in [0.15, 0.2) is 0 Å². The lowest BCUT2D eigenvalue weighted by Crippen LogP contribution is -2.39. The predicted octanol–water partition coefficient (Wildman–Crippen LogP) is 2.56. The van der Waals surface area contributed by atoms with Crippen molar-refractivity contribution in [1.82, 2.24) is 4.90 Å². The van der Waals surface area contributed by atoms with Crippen LogP contribution in [0.25, 0.3) is 0 Å². The topological polar surface area (TPSA) is 49.8 Å². The highest BCUT2D eigenvalue weighted by atomic mass is 16.5. The summed E-state index contributed by atoms with van der Waals surface area (Å²) in [6, 6.07) is 7.15. The third-order valence-electron chi connectivity index (χ3n) is 2.64. The summed E-state index contributed by atoms with van der Waals surface area (Å²) in [5.74, 6) is 1.01. The van der Waals surface area contributed by atoms with Crippen LogP contribution in [0.5, 0.6) is 5.75 Å². The first kappa shape index (κ1) is 16.5. The maximum Gasteiger partial charge on any atom is 0.253 e. The van der Waals surface area contributed by atoms with Gasteiger partial charge >= 0.3 is 0 Å².